The van der Waals surface area contributed by atoms with E-state index in [1.54, 1.807) is 11.9 Å². The molecular formula is C13H13F2N3. The molecule has 1 aromatic heterocycles. The summed E-state index contributed by atoms with van der Waals surface area (Å²) in [6, 6.07) is 10.0. The normalized spacial score (nSPS) is 10.2. The van der Waals surface area contributed by atoms with Crippen LogP contribution in [0.5, 0.6) is 0 Å². The molecule has 0 aliphatic rings. The Morgan fingerprint density at radius 1 is 1.11 bits per heavy atom. The molecule has 0 amide bonds. The van der Waals surface area contributed by atoms with Crippen molar-refractivity contribution >= 4 is 17.3 Å². The van der Waals surface area contributed by atoms with Crippen LogP contribution in [0, 0.1) is 11.6 Å². The fourth-order valence-electron chi connectivity index (χ4n) is 1.64. The molecule has 0 unspecified atom stereocenters. The van der Waals surface area contributed by atoms with Gasteiger partial charge in [-0.15, -0.1) is 0 Å². The van der Waals surface area contributed by atoms with Crippen molar-refractivity contribution < 1.29 is 8.78 Å². The number of para-hydroxylation sites is 1. The largest absolute Gasteiger partial charge is 0.371 e. The summed E-state index contributed by atoms with van der Waals surface area (Å²) in [6.07, 6.45) is 0. The smallest absolute Gasteiger partial charge is 0.171 e. The number of halogens is 2. The highest BCUT2D eigenvalue weighted by atomic mass is 19.1. The van der Waals surface area contributed by atoms with Crippen LogP contribution >= 0.6 is 0 Å². The summed E-state index contributed by atoms with van der Waals surface area (Å²) in [7, 11) is 3.22. The average molecular weight is 249 g/mol. The third kappa shape index (κ3) is 2.25. The van der Waals surface area contributed by atoms with Crippen molar-refractivity contribution in [1.29, 1.82) is 0 Å². The SMILES string of the molecule is CNc1nc(N(C)c2ccccc2)c(F)cc1F. The van der Waals surface area contributed by atoms with Gasteiger partial charge in [-0.05, 0) is 12.1 Å². The first kappa shape index (κ1) is 12.3. The lowest BCUT2D eigenvalue weighted by Gasteiger charge is -2.19. The van der Waals surface area contributed by atoms with E-state index >= 15 is 0 Å². The second-order valence-corrected chi connectivity index (χ2v) is 3.77. The van der Waals surface area contributed by atoms with Crippen LogP contribution in [0.25, 0.3) is 0 Å². The molecule has 0 radical (unpaired) electrons. The topological polar surface area (TPSA) is 28.2 Å². The van der Waals surface area contributed by atoms with Gasteiger partial charge in [-0.1, -0.05) is 18.2 Å². The minimum atomic E-state index is -0.708. The van der Waals surface area contributed by atoms with Crippen molar-refractivity contribution in [2.45, 2.75) is 0 Å². The summed E-state index contributed by atoms with van der Waals surface area (Å²) in [5.41, 5.74) is 0.776. The van der Waals surface area contributed by atoms with Crippen LogP contribution in [0.2, 0.25) is 0 Å². The highest BCUT2D eigenvalue weighted by Gasteiger charge is 2.15. The third-order valence-corrected chi connectivity index (χ3v) is 2.61. The molecule has 0 aliphatic heterocycles. The van der Waals surface area contributed by atoms with Crippen molar-refractivity contribution in [3.8, 4) is 0 Å². The second-order valence-electron chi connectivity index (χ2n) is 3.77. The van der Waals surface area contributed by atoms with E-state index in [9.17, 15) is 8.78 Å². The molecule has 0 saturated carbocycles. The Morgan fingerprint density at radius 3 is 2.39 bits per heavy atom. The fraction of sp³-hybridized carbons (Fsp3) is 0.154. The molecule has 0 bridgehead atoms. The quantitative estimate of drug-likeness (QED) is 0.905. The lowest BCUT2D eigenvalue weighted by molar-refractivity contribution is 0.577. The zero-order chi connectivity index (χ0) is 13.1. The molecule has 1 aromatic carbocycles. The van der Waals surface area contributed by atoms with Crippen LogP contribution in [-0.2, 0) is 0 Å². The molecule has 1 heterocycles. The first-order valence-corrected chi connectivity index (χ1v) is 5.46. The second kappa shape index (κ2) is 5.00. The van der Waals surface area contributed by atoms with Gasteiger partial charge in [0.25, 0.3) is 0 Å². The first-order valence-electron chi connectivity index (χ1n) is 5.46. The van der Waals surface area contributed by atoms with Crippen molar-refractivity contribution in [2.75, 3.05) is 24.3 Å². The van der Waals surface area contributed by atoms with Crippen LogP contribution < -0.4 is 10.2 Å². The van der Waals surface area contributed by atoms with Crippen molar-refractivity contribution in [3.63, 3.8) is 0 Å². The van der Waals surface area contributed by atoms with E-state index in [1.165, 1.54) is 7.05 Å². The van der Waals surface area contributed by atoms with E-state index < -0.39 is 11.6 Å². The molecule has 5 heteroatoms. The van der Waals surface area contributed by atoms with Gasteiger partial charge < -0.3 is 10.2 Å². The maximum atomic E-state index is 13.7. The predicted octanol–water partition coefficient (Wildman–Crippen LogP) is 3.17. The average Bonchev–Trinajstić information content (AvgIpc) is 2.39. The Labute approximate surface area is 104 Å². The highest BCUT2D eigenvalue weighted by molar-refractivity contribution is 5.61. The van der Waals surface area contributed by atoms with Gasteiger partial charge in [0.2, 0.25) is 0 Å². The minimum Gasteiger partial charge on any atom is -0.371 e. The minimum absolute atomic E-state index is 0.0224. The number of rotatable bonds is 3. The van der Waals surface area contributed by atoms with Crippen LogP contribution in [0.3, 0.4) is 0 Å². The van der Waals surface area contributed by atoms with E-state index in [2.05, 4.69) is 10.3 Å². The van der Waals surface area contributed by atoms with Gasteiger partial charge in [0.05, 0.1) is 0 Å². The lowest BCUT2D eigenvalue weighted by atomic mass is 10.3. The number of hydrogen-bond donors (Lipinski definition) is 1. The summed E-state index contributed by atoms with van der Waals surface area (Å²) in [6.45, 7) is 0. The molecule has 0 fully saturated rings. The molecule has 2 rings (SSSR count). The monoisotopic (exact) mass is 249 g/mol. The van der Waals surface area contributed by atoms with Crippen molar-refractivity contribution in [2.24, 2.45) is 0 Å². The standard InChI is InChI=1S/C13H13F2N3/c1-16-12-10(14)8-11(15)13(17-12)18(2)9-6-4-3-5-7-9/h3-8H,1-2H3,(H,16,17). The fourth-order valence-corrected chi connectivity index (χ4v) is 1.64. The molecule has 2 aromatic rings. The number of hydrogen-bond acceptors (Lipinski definition) is 3. The molecule has 0 saturated heterocycles. The van der Waals surface area contributed by atoms with Crippen LogP contribution in [0.4, 0.5) is 26.1 Å². The maximum absolute atomic E-state index is 13.7. The number of pyridine rings is 1. The van der Waals surface area contributed by atoms with Crippen molar-refractivity contribution in [1.82, 2.24) is 4.98 Å². The Hall–Kier alpha value is -2.17. The summed E-state index contributed by atoms with van der Waals surface area (Å²) in [5, 5.41) is 2.59. The number of nitrogens with one attached hydrogen (secondary N) is 1. The molecule has 0 atom stereocenters. The molecule has 1 N–H and O–H groups in total. The molecular weight excluding hydrogens is 236 g/mol. The zero-order valence-corrected chi connectivity index (χ0v) is 10.1. The van der Waals surface area contributed by atoms with Gasteiger partial charge in [-0.3, -0.25) is 0 Å². The maximum Gasteiger partial charge on any atom is 0.171 e. The number of nitrogens with zero attached hydrogens (tertiary/aromatic N) is 2. The summed E-state index contributed by atoms with van der Waals surface area (Å²) >= 11 is 0. The number of anilines is 3. The molecule has 0 spiro atoms. The van der Waals surface area contributed by atoms with E-state index in [4.69, 9.17) is 0 Å². The van der Waals surface area contributed by atoms with E-state index in [0.717, 1.165) is 11.8 Å². The van der Waals surface area contributed by atoms with Crippen molar-refractivity contribution in [3.05, 3.63) is 48.0 Å². The number of benzene rings is 1. The number of aromatic nitrogens is 1. The summed E-state index contributed by atoms with van der Waals surface area (Å²) < 4.78 is 27.0. The van der Waals surface area contributed by atoms with E-state index in [0.29, 0.717) is 0 Å². The van der Waals surface area contributed by atoms with Gasteiger partial charge in [-0.25, -0.2) is 13.8 Å². The summed E-state index contributed by atoms with van der Waals surface area (Å²) in [5.74, 6) is -1.31. The van der Waals surface area contributed by atoms with Gasteiger partial charge >= 0.3 is 0 Å². The van der Waals surface area contributed by atoms with Gasteiger partial charge in [-0.2, -0.15) is 0 Å². The Balaban J connectivity index is 2.45. The Bertz CT molecular complexity index is 543. The van der Waals surface area contributed by atoms with E-state index in [-0.39, 0.29) is 11.6 Å². The molecule has 3 nitrogen and oxygen atoms in total. The van der Waals surface area contributed by atoms with Crippen LogP contribution in [0.1, 0.15) is 0 Å². The highest BCUT2D eigenvalue weighted by Crippen LogP contribution is 2.26. The van der Waals surface area contributed by atoms with Gasteiger partial charge in [0, 0.05) is 25.8 Å². The Kier molecular flexibility index (Phi) is 3.41. The zero-order valence-electron chi connectivity index (χ0n) is 10.1. The molecule has 0 aliphatic carbocycles. The molecule has 94 valence electrons. The predicted molar refractivity (Wildman–Crippen MR) is 68.2 cm³/mol. The van der Waals surface area contributed by atoms with Gasteiger partial charge in [0.1, 0.15) is 0 Å². The van der Waals surface area contributed by atoms with E-state index in [1.807, 2.05) is 30.3 Å². The Morgan fingerprint density at radius 2 is 1.78 bits per heavy atom. The lowest BCUT2D eigenvalue weighted by Crippen LogP contribution is -2.14. The third-order valence-electron chi connectivity index (χ3n) is 2.61. The van der Waals surface area contributed by atoms with Crippen LogP contribution in [0.15, 0.2) is 36.4 Å². The molecule has 18 heavy (non-hydrogen) atoms. The summed E-state index contributed by atoms with van der Waals surface area (Å²) in [4.78, 5) is 5.50. The van der Waals surface area contributed by atoms with Gasteiger partial charge in [0.15, 0.2) is 23.3 Å². The first-order chi connectivity index (χ1) is 8.63. The van der Waals surface area contributed by atoms with Crippen LogP contribution in [-0.4, -0.2) is 19.1 Å².